The molecule has 0 radical (unpaired) electrons. The fourth-order valence-corrected chi connectivity index (χ4v) is 36.6. The van der Waals surface area contributed by atoms with Crippen LogP contribution in [0.4, 0.5) is 0 Å². The Hall–Kier alpha value is 0.408. The third kappa shape index (κ3) is 20.8. The predicted octanol–water partition coefficient (Wildman–Crippen LogP) is 8.67. The van der Waals surface area contributed by atoms with Crippen LogP contribution in [-0.4, -0.2) is 89.1 Å². The summed E-state index contributed by atoms with van der Waals surface area (Å²) in [4.78, 5) is 15.7. The van der Waals surface area contributed by atoms with Gasteiger partial charge in [-0.05, 0) is 142 Å². The maximum atomic E-state index is 10.7. The van der Waals surface area contributed by atoms with Crippen molar-refractivity contribution < 1.29 is 44.7 Å². The largest absolute Gasteiger partial charge is 0.481 e. The molecule has 1 aliphatic carbocycles. The fraction of sp³-hybridized carbons (Fsp3) is 0.897. The van der Waals surface area contributed by atoms with Crippen molar-refractivity contribution in [3.05, 3.63) is 12.7 Å². The quantitative estimate of drug-likeness (QED) is 0.0322. The van der Waals surface area contributed by atoms with Crippen LogP contribution < -0.4 is 0 Å². The molecule has 2 aliphatic rings. The van der Waals surface area contributed by atoms with Crippen LogP contribution in [0.15, 0.2) is 12.7 Å². The van der Waals surface area contributed by atoms with Crippen LogP contribution in [0.1, 0.15) is 32.1 Å². The highest BCUT2D eigenvalue weighted by Gasteiger charge is 2.47. The van der Waals surface area contributed by atoms with E-state index >= 15 is 0 Å². The first-order valence-corrected chi connectivity index (χ1v) is 37.8. The first-order valence-electron chi connectivity index (χ1n) is 16.9. The average molecular weight is 773 g/mol. The number of hydrogen-bond donors (Lipinski definition) is 1. The van der Waals surface area contributed by atoms with E-state index in [1.807, 2.05) is 39.3 Å². The Kier molecular flexibility index (Phi) is 17.0. The summed E-state index contributed by atoms with van der Waals surface area (Å²) in [6, 6.07) is 1.66. The molecule has 1 heterocycles. The third-order valence-corrected chi connectivity index (χ3v) is 30.6. The standard InChI is InChI=1S/C17H40O4Si4.C12H28O6Si3/c1-22(2,3)19-24(7,8)21-25(9,20-23(4,5)6)13-12-15-10-11-16-17(14-15)18-16;1-8-10-15-16-20(4,5)18-21(6,7)17-19(2,3)11-9-12(13)14/h15-17H,10-14H2,1-9H3;8H,1,9-11H2,2-7H3,(H,13,14). The Morgan fingerprint density at radius 3 is 1.80 bits per heavy atom. The van der Waals surface area contributed by atoms with E-state index < -0.39 is 65.2 Å². The summed E-state index contributed by atoms with van der Waals surface area (Å²) in [5.41, 5.74) is 0. The van der Waals surface area contributed by atoms with Crippen molar-refractivity contribution in [2.24, 2.45) is 5.92 Å². The maximum absolute atomic E-state index is 10.7. The molecular formula is C29H68O10Si7. The first-order chi connectivity index (χ1) is 20.6. The van der Waals surface area contributed by atoms with Crippen molar-refractivity contribution in [1.82, 2.24) is 0 Å². The molecule has 0 bridgehead atoms. The van der Waals surface area contributed by atoms with Gasteiger partial charge in [0.05, 0.1) is 18.8 Å². The molecule has 0 aromatic carbocycles. The van der Waals surface area contributed by atoms with Crippen molar-refractivity contribution in [3.8, 4) is 0 Å². The normalized spacial score (nSPS) is 22.3. The zero-order valence-corrected chi connectivity index (χ0v) is 38.8. The second kappa shape index (κ2) is 17.6. The van der Waals surface area contributed by atoms with E-state index in [4.69, 9.17) is 39.9 Å². The topological polar surface area (TPSA) is 114 Å². The zero-order valence-electron chi connectivity index (χ0n) is 31.8. The lowest BCUT2D eigenvalue weighted by atomic mass is 9.88. The average Bonchev–Trinajstić information content (AvgIpc) is 3.56. The highest BCUT2D eigenvalue weighted by molar-refractivity contribution is 6.89. The summed E-state index contributed by atoms with van der Waals surface area (Å²) in [6.45, 7) is 35.8. The van der Waals surface area contributed by atoms with Crippen LogP contribution in [0.5, 0.6) is 0 Å². The number of aliphatic carboxylic acids is 1. The number of carbonyl (C=O) groups is 1. The van der Waals surface area contributed by atoms with Gasteiger partial charge in [0.1, 0.15) is 0 Å². The van der Waals surface area contributed by atoms with Crippen molar-refractivity contribution in [2.45, 2.75) is 155 Å². The van der Waals surface area contributed by atoms with Crippen LogP contribution in [0, 0.1) is 5.92 Å². The molecular weight excluding hydrogens is 705 g/mol. The Morgan fingerprint density at radius 1 is 0.739 bits per heavy atom. The van der Waals surface area contributed by atoms with Crippen molar-refractivity contribution in [2.75, 3.05) is 6.61 Å². The lowest BCUT2D eigenvalue weighted by molar-refractivity contribution is -0.217. The predicted molar refractivity (Wildman–Crippen MR) is 203 cm³/mol. The van der Waals surface area contributed by atoms with E-state index in [1.54, 1.807) is 6.08 Å². The van der Waals surface area contributed by atoms with E-state index in [0.29, 0.717) is 24.9 Å². The van der Waals surface area contributed by atoms with E-state index in [0.717, 1.165) is 12.0 Å². The first kappa shape index (κ1) is 44.4. The van der Waals surface area contributed by atoms with E-state index in [9.17, 15) is 4.79 Å². The Labute approximate surface area is 288 Å². The third-order valence-electron chi connectivity index (χ3n) is 7.06. The molecule has 1 saturated carbocycles. The molecule has 272 valence electrons. The number of rotatable bonds is 20. The van der Waals surface area contributed by atoms with Gasteiger partial charge in [-0.3, -0.25) is 9.37 Å². The number of ether oxygens (including phenoxy) is 1. The summed E-state index contributed by atoms with van der Waals surface area (Å²) >= 11 is 0. The summed E-state index contributed by atoms with van der Waals surface area (Å²) in [5, 5.41) is 8.79. The summed E-state index contributed by atoms with van der Waals surface area (Å²) in [6.07, 6.45) is 7.91. The highest BCUT2D eigenvalue weighted by Crippen LogP contribution is 2.42. The summed E-state index contributed by atoms with van der Waals surface area (Å²) < 4.78 is 43.2. The van der Waals surface area contributed by atoms with Crippen LogP contribution in [0.3, 0.4) is 0 Å². The molecule has 1 aliphatic heterocycles. The molecule has 4 unspecified atom stereocenters. The SMILES string of the molecule is C=CCOO[Si](C)(C)O[Si](C)(C)O[Si](C)(C)CCC(=O)O.C[Si](C)(C)O[Si](C)(C)O[Si](C)(CCC1CCC2OC2C1)O[Si](C)(C)C. The maximum Gasteiger partial charge on any atom is 0.360 e. The molecule has 1 saturated heterocycles. The number of epoxide rings is 1. The molecule has 0 aromatic rings. The minimum absolute atomic E-state index is 0.128. The van der Waals surface area contributed by atoms with Gasteiger partial charge < -0.3 is 30.4 Å². The molecule has 0 spiro atoms. The van der Waals surface area contributed by atoms with Crippen LogP contribution in [0.25, 0.3) is 0 Å². The van der Waals surface area contributed by atoms with Gasteiger partial charge in [0, 0.05) is 6.42 Å². The minimum atomic E-state index is -2.45. The Balaban J connectivity index is 0.000000469. The van der Waals surface area contributed by atoms with E-state index in [-0.39, 0.29) is 6.42 Å². The van der Waals surface area contributed by atoms with E-state index in [1.165, 1.54) is 25.7 Å². The zero-order chi connectivity index (χ0) is 35.8. The molecule has 0 amide bonds. The van der Waals surface area contributed by atoms with Crippen LogP contribution in [-0.2, 0) is 39.6 Å². The Bertz CT molecular complexity index is 969. The fourth-order valence-electron chi connectivity index (χ4n) is 6.24. The molecule has 2 rings (SSSR count). The number of carboxylic acid groups (broad SMARTS) is 1. The summed E-state index contributed by atoms with van der Waals surface area (Å²) in [5.74, 6) is -0.0115. The Morgan fingerprint density at radius 2 is 1.30 bits per heavy atom. The number of carboxylic acids is 1. The number of hydrogen-bond acceptors (Lipinski definition) is 9. The van der Waals surface area contributed by atoms with Gasteiger partial charge in [-0.15, -0.1) is 6.58 Å². The van der Waals surface area contributed by atoms with Gasteiger partial charge in [0.25, 0.3) is 0 Å². The second-order valence-electron chi connectivity index (χ2n) is 16.8. The van der Waals surface area contributed by atoms with Gasteiger partial charge in [0.15, 0.2) is 25.0 Å². The number of fused-ring (bicyclic) bond motifs is 1. The lowest BCUT2D eigenvalue weighted by Gasteiger charge is -2.41. The van der Waals surface area contributed by atoms with Gasteiger partial charge in [-0.25, -0.2) is 4.89 Å². The van der Waals surface area contributed by atoms with Crippen LogP contribution in [0.2, 0.25) is 110 Å². The molecule has 46 heavy (non-hydrogen) atoms. The van der Waals surface area contributed by atoms with Crippen molar-refractivity contribution in [1.29, 1.82) is 0 Å². The van der Waals surface area contributed by atoms with Gasteiger partial charge >= 0.3 is 40.2 Å². The molecule has 17 heteroatoms. The van der Waals surface area contributed by atoms with Gasteiger partial charge in [-0.2, -0.15) is 0 Å². The van der Waals surface area contributed by atoms with E-state index in [2.05, 4.69) is 65.5 Å². The summed E-state index contributed by atoms with van der Waals surface area (Å²) in [7, 11) is -14.6. The van der Waals surface area contributed by atoms with Crippen molar-refractivity contribution in [3.63, 3.8) is 0 Å². The molecule has 1 N–H and O–H groups in total. The molecule has 0 aromatic heterocycles. The highest BCUT2D eigenvalue weighted by atomic mass is 28.5. The van der Waals surface area contributed by atoms with Gasteiger partial charge in [0.2, 0.25) is 0 Å². The second-order valence-corrected chi connectivity index (χ2v) is 44.7. The van der Waals surface area contributed by atoms with Crippen LogP contribution >= 0.6 is 0 Å². The van der Waals surface area contributed by atoms with Gasteiger partial charge in [-0.1, -0.05) is 6.08 Å². The monoisotopic (exact) mass is 772 g/mol. The molecule has 2 fully saturated rings. The van der Waals surface area contributed by atoms with Crippen molar-refractivity contribution >= 4 is 65.2 Å². The molecule has 10 nitrogen and oxygen atoms in total. The lowest BCUT2D eigenvalue weighted by Crippen LogP contribution is -2.56. The smallest absolute Gasteiger partial charge is 0.360 e. The minimum Gasteiger partial charge on any atom is -0.481 e. The molecule has 4 atom stereocenters.